The Balaban J connectivity index is 1.80. The number of rotatable bonds is 4. The fourth-order valence-corrected chi connectivity index (χ4v) is 2.26. The van der Waals surface area contributed by atoms with Crippen LogP contribution < -0.4 is 0 Å². The number of aryl methyl sites for hydroxylation is 3. The van der Waals surface area contributed by atoms with Crippen LogP contribution in [0.1, 0.15) is 29.5 Å². The third kappa shape index (κ3) is 3.32. The third-order valence-electron chi connectivity index (χ3n) is 2.88. The van der Waals surface area contributed by atoms with Gasteiger partial charge in [-0.15, -0.1) is 0 Å². The minimum atomic E-state index is 0.0471. The first-order valence-electron chi connectivity index (χ1n) is 6.04. The van der Waals surface area contributed by atoms with Crippen molar-refractivity contribution in [3.63, 3.8) is 0 Å². The molecule has 1 aromatic rings. The van der Waals surface area contributed by atoms with Crippen LogP contribution in [-0.4, -0.2) is 19.5 Å². The first-order valence-corrected chi connectivity index (χ1v) is 6.04. The monoisotopic (exact) mass is 220 g/mol. The van der Waals surface area contributed by atoms with Crippen molar-refractivity contribution < 1.29 is 9.47 Å². The minimum absolute atomic E-state index is 0.0471. The Hall–Kier alpha value is -0.860. The Morgan fingerprint density at radius 2 is 1.69 bits per heavy atom. The molecule has 0 aliphatic carbocycles. The van der Waals surface area contributed by atoms with Gasteiger partial charge in [0.1, 0.15) is 0 Å². The van der Waals surface area contributed by atoms with Crippen LogP contribution in [0.25, 0.3) is 0 Å². The van der Waals surface area contributed by atoms with Crippen LogP contribution in [0, 0.1) is 13.8 Å². The summed E-state index contributed by atoms with van der Waals surface area (Å²) in [4.78, 5) is 0. The fraction of sp³-hybridized carbons (Fsp3) is 0.571. The van der Waals surface area contributed by atoms with Crippen LogP contribution in [-0.2, 0) is 15.9 Å². The maximum absolute atomic E-state index is 5.42. The van der Waals surface area contributed by atoms with Crippen LogP contribution in [0.5, 0.6) is 0 Å². The second-order valence-corrected chi connectivity index (χ2v) is 4.56. The van der Waals surface area contributed by atoms with E-state index in [0.717, 1.165) is 32.5 Å². The van der Waals surface area contributed by atoms with E-state index in [9.17, 15) is 0 Å². The van der Waals surface area contributed by atoms with Crippen molar-refractivity contribution in [2.75, 3.05) is 13.2 Å². The lowest BCUT2D eigenvalue weighted by Gasteiger charge is -2.09. The highest BCUT2D eigenvalue weighted by atomic mass is 16.7. The van der Waals surface area contributed by atoms with E-state index in [1.54, 1.807) is 0 Å². The van der Waals surface area contributed by atoms with Crippen molar-refractivity contribution in [1.82, 2.24) is 0 Å². The van der Waals surface area contributed by atoms with Crippen molar-refractivity contribution in [3.8, 4) is 0 Å². The van der Waals surface area contributed by atoms with Gasteiger partial charge in [-0.2, -0.15) is 0 Å². The average Bonchev–Trinajstić information content (AvgIpc) is 2.69. The van der Waals surface area contributed by atoms with Gasteiger partial charge < -0.3 is 9.47 Å². The molecule has 0 aromatic heterocycles. The zero-order chi connectivity index (χ0) is 11.4. The van der Waals surface area contributed by atoms with E-state index in [1.807, 2.05) is 0 Å². The zero-order valence-corrected chi connectivity index (χ0v) is 10.2. The summed E-state index contributed by atoms with van der Waals surface area (Å²) in [5, 5.41) is 0. The molecule has 1 heterocycles. The van der Waals surface area contributed by atoms with E-state index >= 15 is 0 Å². The van der Waals surface area contributed by atoms with Gasteiger partial charge in [-0.05, 0) is 38.7 Å². The lowest BCUT2D eigenvalue weighted by Crippen LogP contribution is -2.07. The fourth-order valence-electron chi connectivity index (χ4n) is 2.26. The molecule has 0 saturated carbocycles. The molecule has 0 radical (unpaired) electrons. The van der Waals surface area contributed by atoms with Crippen LogP contribution in [0.4, 0.5) is 0 Å². The molecule has 1 saturated heterocycles. The van der Waals surface area contributed by atoms with E-state index in [1.165, 1.54) is 16.7 Å². The highest BCUT2D eigenvalue weighted by molar-refractivity contribution is 5.28. The highest BCUT2D eigenvalue weighted by Crippen LogP contribution is 2.15. The summed E-state index contributed by atoms with van der Waals surface area (Å²) in [6, 6.07) is 6.75. The number of hydrogen-bond acceptors (Lipinski definition) is 2. The molecule has 0 unspecified atom stereocenters. The van der Waals surface area contributed by atoms with E-state index < -0.39 is 0 Å². The van der Waals surface area contributed by atoms with Crippen LogP contribution in [0.3, 0.4) is 0 Å². The summed E-state index contributed by atoms with van der Waals surface area (Å²) >= 11 is 0. The number of benzene rings is 1. The second kappa shape index (κ2) is 5.46. The van der Waals surface area contributed by atoms with Crippen LogP contribution >= 0.6 is 0 Å². The van der Waals surface area contributed by atoms with Crippen molar-refractivity contribution in [1.29, 1.82) is 0 Å². The molecule has 2 heteroatoms. The summed E-state index contributed by atoms with van der Waals surface area (Å²) in [5.74, 6) is 0. The predicted molar refractivity (Wildman–Crippen MR) is 64.5 cm³/mol. The SMILES string of the molecule is Cc1cc(C)cc(CCCC2OCCO2)c1. The van der Waals surface area contributed by atoms with E-state index in [4.69, 9.17) is 9.47 Å². The van der Waals surface area contributed by atoms with Gasteiger partial charge >= 0.3 is 0 Å². The van der Waals surface area contributed by atoms with Crippen molar-refractivity contribution in [2.24, 2.45) is 0 Å². The van der Waals surface area contributed by atoms with E-state index in [2.05, 4.69) is 32.0 Å². The molecule has 16 heavy (non-hydrogen) atoms. The standard InChI is InChI=1S/C14H20O2/c1-11-8-12(2)10-13(9-11)4-3-5-14-15-6-7-16-14/h8-10,14H,3-7H2,1-2H3. The van der Waals surface area contributed by atoms with Gasteiger partial charge in [0.25, 0.3) is 0 Å². The Kier molecular flexibility index (Phi) is 3.97. The van der Waals surface area contributed by atoms with Crippen LogP contribution in [0.15, 0.2) is 18.2 Å². The average molecular weight is 220 g/mol. The number of hydrogen-bond donors (Lipinski definition) is 0. The molecule has 1 aliphatic rings. The molecule has 1 fully saturated rings. The lowest BCUT2D eigenvalue weighted by molar-refractivity contribution is -0.0475. The van der Waals surface area contributed by atoms with Gasteiger partial charge in [0.15, 0.2) is 6.29 Å². The van der Waals surface area contributed by atoms with E-state index in [0.29, 0.717) is 0 Å². The molecule has 1 aromatic carbocycles. The molecule has 88 valence electrons. The van der Waals surface area contributed by atoms with Crippen molar-refractivity contribution >= 4 is 0 Å². The van der Waals surface area contributed by atoms with Crippen LogP contribution in [0.2, 0.25) is 0 Å². The quantitative estimate of drug-likeness (QED) is 0.776. The molecule has 0 atom stereocenters. The summed E-state index contributed by atoms with van der Waals surface area (Å²) in [6.45, 7) is 5.82. The van der Waals surface area contributed by atoms with Gasteiger partial charge in [-0.3, -0.25) is 0 Å². The molecule has 2 rings (SSSR count). The maximum Gasteiger partial charge on any atom is 0.157 e. The second-order valence-electron chi connectivity index (χ2n) is 4.56. The molecular weight excluding hydrogens is 200 g/mol. The summed E-state index contributed by atoms with van der Waals surface area (Å²) in [5.41, 5.74) is 4.13. The first kappa shape index (κ1) is 11.6. The molecule has 0 spiro atoms. The minimum Gasteiger partial charge on any atom is -0.350 e. The smallest absolute Gasteiger partial charge is 0.157 e. The van der Waals surface area contributed by atoms with Gasteiger partial charge in [0.2, 0.25) is 0 Å². The maximum atomic E-state index is 5.42. The molecular formula is C14H20O2. The normalized spacial score (nSPS) is 16.9. The number of ether oxygens (including phenoxy) is 2. The molecule has 2 nitrogen and oxygen atoms in total. The zero-order valence-electron chi connectivity index (χ0n) is 10.2. The Bertz CT molecular complexity index is 320. The van der Waals surface area contributed by atoms with Gasteiger partial charge in [-0.1, -0.05) is 29.3 Å². The largest absolute Gasteiger partial charge is 0.350 e. The Morgan fingerprint density at radius 1 is 1.06 bits per heavy atom. The van der Waals surface area contributed by atoms with Crippen molar-refractivity contribution in [2.45, 2.75) is 39.4 Å². The van der Waals surface area contributed by atoms with Gasteiger partial charge in [0, 0.05) is 0 Å². The first-order chi connectivity index (χ1) is 7.74. The molecule has 0 N–H and O–H groups in total. The van der Waals surface area contributed by atoms with E-state index in [-0.39, 0.29) is 6.29 Å². The van der Waals surface area contributed by atoms with Gasteiger partial charge in [-0.25, -0.2) is 0 Å². The predicted octanol–water partition coefficient (Wildman–Crippen LogP) is 3.00. The van der Waals surface area contributed by atoms with Crippen molar-refractivity contribution in [3.05, 3.63) is 34.9 Å². The molecule has 1 aliphatic heterocycles. The topological polar surface area (TPSA) is 18.5 Å². The lowest BCUT2D eigenvalue weighted by atomic mass is 10.0. The third-order valence-corrected chi connectivity index (χ3v) is 2.88. The summed E-state index contributed by atoms with van der Waals surface area (Å²) in [6.07, 6.45) is 3.30. The summed E-state index contributed by atoms with van der Waals surface area (Å²) < 4.78 is 10.8. The molecule has 0 bridgehead atoms. The molecule has 0 amide bonds. The van der Waals surface area contributed by atoms with Gasteiger partial charge in [0.05, 0.1) is 13.2 Å². The summed E-state index contributed by atoms with van der Waals surface area (Å²) in [7, 11) is 0. The highest BCUT2D eigenvalue weighted by Gasteiger charge is 2.14. The Labute approximate surface area is 97.6 Å². The Morgan fingerprint density at radius 3 is 2.31 bits per heavy atom.